The number of hydrogen-bond donors (Lipinski definition) is 2. The Kier molecular flexibility index (Phi) is 9.50. The first kappa shape index (κ1) is 28.9. The van der Waals surface area contributed by atoms with Crippen LogP contribution < -0.4 is 20.1 Å². The molecule has 2 amide bonds. The zero-order chi connectivity index (χ0) is 29.3. The van der Waals surface area contributed by atoms with E-state index in [1.54, 1.807) is 24.2 Å². The molecule has 2 bridgehead atoms. The molecule has 0 radical (unpaired) electrons. The third-order valence-corrected chi connectivity index (χ3v) is 7.13. The van der Waals surface area contributed by atoms with E-state index in [9.17, 15) is 9.59 Å². The number of carbonyl (C=O) groups excluding carboxylic acids is 2. The lowest BCUT2D eigenvalue weighted by molar-refractivity contribution is -0.129. The van der Waals surface area contributed by atoms with Crippen LogP contribution in [-0.2, 0) is 36.1 Å². The standard InChI is InChI=1S/C31H37N7O4/c1-36-20-24(19-34-36)21-37-13-6-16-42-28-18-25(9-10-27(28)41-2)30-32-11-14-38(30)15-12-33-31(40)26(35-29(39)22-37)17-23-7-4-3-5-8-23/h3-5,7-11,14,18-20,26H,6,12-13,15-17,21-22H2,1-2H3,(H,33,40)(H,35,39)/t26-/m0/s1. The van der Waals surface area contributed by atoms with Crippen LogP contribution in [0.15, 0.2) is 73.3 Å². The second-order valence-corrected chi connectivity index (χ2v) is 10.3. The summed E-state index contributed by atoms with van der Waals surface area (Å²) in [6.07, 6.45) is 8.41. The summed E-state index contributed by atoms with van der Waals surface area (Å²) in [6.45, 7) is 2.58. The van der Waals surface area contributed by atoms with Gasteiger partial charge in [-0.1, -0.05) is 30.3 Å². The molecule has 2 aromatic heterocycles. The maximum atomic E-state index is 13.4. The number of nitrogens with one attached hydrogen (secondary N) is 2. The highest BCUT2D eigenvalue weighted by molar-refractivity contribution is 5.88. The van der Waals surface area contributed by atoms with Crippen molar-refractivity contribution in [1.82, 2.24) is 34.9 Å². The highest BCUT2D eigenvalue weighted by Crippen LogP contribution is 2.32. The zero-order valence-electron chi connectivity index (χ0n) is 24.0. The Bertz CT molecular complexity index is 1480. The summed E-state index contributed by atoms with van der Waals surface area (Å²) < 4.78 is 15.4. The van der Waals surface area contributed by atoms with E-state index in [4.69, 9.17) is 9.47 Å². The van der Waals surface area contributed by atoms with E-state index < -0.39 is 6.04 Å². The first-order valence-corrected chi connectivity index (χ1v) is 14.1. The van der Waals surface area contributed by atoms with E-state index in [-0.39, 0.29) is 18.4 Å². The molecule has 42 heavy (non-hydrogen) atoms. The van der Waals surface area contributed by atoms with Gasteiger partial charge in [-0.25, -0.2) is 4.98 Å². The van der Waals surface area contributed by atoms with Crippen molar-refractivity contribution in [3.05, 3.63) is 84.4 Å². The predicted molar refractivity (Wildman–Crippen MR) is 158 cm³/mol. The minimum absolute atomic E-state index is 0.130. The third kappa shape index (κ3) is 7.55. The molecule has 2 N–H and O–H groups in total. The normalized spacial score (nSPS) is 17.2. The molecule has 4 aromatic rings. The Morgan fingerprint density at radius 2 is 1.95 bits per heavy atom. The van der Waals surface area contributed by atoms with Crippen LogP contribution in [-0.4, -0.2) is 75.4 Å². The van der Waals surface area contributed by atoms with E-state index in [0.29, 0.717) is 57.1 Å². The third-order valence-electron chi connectivity index (χ3n) is 7.13. The van der Waals surface area contributed by atoms with Crippen LogP contribution >= 0.6 is 0 Å². The number of fused-ring (bicyclic) bond motifs is 4. The number of imidazole rings is 1. The Labute approximate surface area is 245 Å². The van der Waals surface area contributed by atoms with E-state index in [1.165, 1.54) is 0 Å². The zero-order valence-corrected chi connectivity index (χ0v) is 24.0. The molecule has 1 aliphatic heterocycles. The summed E-state index contributed by atoms with van der Waals surface area (Å²) in [5.41, 5.74) is 2.85. The van der Waals surface area contributed by atoms with Gasteiger partial charge in [-0.2, -0.15) is 5.10 Å². The number of hydrogen-bond acceptors (Lipinski definition) is 7. The number of ether oxygens (including phenoxy) is 2. The lowest BCUT2D eigenvalue weighted by Gasteiger charge is -2.24. The van der Waals surface area contributed by atoms with Gasteiger partial charge < -0.3 is 24.7 Å². The fraction of sp³-hybridized carbons (Fsp3) is 0.355. The molecule has 220 valence electrons. The molecule has 0 fully saturated rings. The van der Waals surface area contributed by atoms with Gasteiger partial charge in [0.25, 0.3) is 0 Å². The van der Waals surface area contributed by atoms with E-state index >= 15 is 0 Å². The molecule has 0 saturated carbocycles. The van der Waals surface area contributed by atoms with Crippen molar-refractivity contribution in [2.24, 2.45) is 7.05 Å². The number of methoxy groups -OCH3 is 1. The van der Waals surface area contributed by atoms with Crippen LogP contribution in [0.3, 0.4) is 0 Å². The molecular formula is C31H37N7O4. The first-order chi connectivity index (χ1) is 20.5. The highest BCUT2D eigenvalue weighted by Gasteiger charge is 2.23. The van der Waals surface area contributed by atoms with Crippen LogP contribution in [0.4, 0.5) is 0 Å². The highest BCUT2D eigenvalue weighted by atomic mass is 16.5. The number of amides is 2. The van der Waals surface area contributed by atoms with Gasteiger partial charge in [0.15, 0.2) is 11.5 Å². The average molecular weight is 572 g/mol. The van der Waals surface area contributed by atoms with Crippen molar-refractivity contribution >= 4 is 11.8 Å². The second-order valence-electron chi connectivity index (χ2n) is 10.3. The maximum absolute atomic E-state index is 13.4. The van der Waals surface area contributed by atoms with Crippen molar-refractivity contribution in [1.29, 1.82) is 0 Å². The molecule has 1 atom stereocenters. The molecule has 3 heterocycles. The summed E-state index contributed by atoms with van der Waals surface area (Å²) in [7, 11) is 3.48. The molecule has 0 aliphatic carbocycles. The van der Waals surface area contributed by atoms with Crippen LogP contribution in [0, 0.1) is 0 Å². The van der Waals surface area contributed by atoms with E-state index in [2.05, 4.69) is 20.7 Å². The minimum atomic E-state index is -0.714. The largest absolute Gasteiger partial charge is 0.493 e. The fourth-order valence-electron chi connectivity index (χ4n) is 5.10. The molecule has 11 heteroatoms. The smallest absolute Gasteiger partial charge is 0.242 e. The monoisotopic (exact) mass is 571 g/mol. The van der Waals surface area contributed by atoms with Gasteiger partial charge in [0.2, 0.25) is 11.8 Å². The number of aryl methyl sites for hydroxylation is 1. The Morgan fingerprint density at radius 3 is 2.74 bits per heavy atom. The summed E-state index contributed by atoms with van der Waals surface area (Å²) in [5.74, 6) is 1.57. The molecular weight excluding hydrogens is 534 g/mol. The molecule has 5 rings (SSSR count). The number of benzene rings is 2. The van der Waals surface area contributed by atoms with Crippen molar-refractivity contribution < 1.29 is 19.1 Å². The minimum Gasteiger partial charge on any atom is -0.493 e. The number of rotatable bonds is 5. The van der Waals surface area contributed by atoms with Crippen molar-refractivity contribution in [2.45, 2.75) is 32.0 Å². The second kappa shape index (κ2) is 13.8. The average Bonchev–Trinajstić information content (AvgIpc) is 3.63. The summed E-state index contributed by atoms with van der Waals surface area (Å²) in [6, 6.07) is 14.7. The Balaban J connectivity index is 1.40. The number of nitrogens with zero attached hydrogens (tertiary/aromatic N) is 5. The van der Waals surface area contributed by atoms with Crippen molar-refractivity contribution in [3.63, 3.8) is 0 Å². The molecule has 11 nitrogen and oxygen atoms in total. The molecule has 2 aromatic carbocycles. The maximum Gasteiger partial charge on any atom is 0.242 e. The van der Waals surface area contributed by atoms with Crippen molar-refractivity contribution in [3.8, 4) is 22.9 Å². The quantitative estimate of drug-likeness (QED) is 0.378. The van der Waals surface area contributed by atoms with Crippen LogP contribution in [0.25, 0.3) is 11.4 Å². The lowest BCUT2D eigenvalue weighted by Crippen LogP contribution is -2.51. The fourth-order valence-corrected chi connectivity index (χ4v) is 5.10. The van der Waals surface area contributed by atoms with Crippen LogP contribution in [0.5, 0.6) is 11.5 Å². The van der Waals surface area contributed by atoms with E-state index in [0.717, 1.165) is 22.5 Å². The molecule has 0 unspecified atom stereocenters. The Hall–Kier alpha value is -4.64. The van der Waals surface area contributed by atoms with Gasteiger partial charge in [-0.15, -0.1) is 0 Å². The Morgan fingerprint density at radius 1 is 1.10 bits per heavy atom. The van der Waals surface area contributed by atoms with Gasteiger partial charge in [0.1, 0.15) is 11.9 Å². The number of aromatic nitrogens is 4. The predicted octanol–water partition coefficient (Wildman–Crippen LogP) is 2.42. The molecule has 0 spiro atoms. The SMILES string of the molecule is COc1ccc2cc1OCCCN(Cc1cnn(C)c1)CC(=O)N[C@@H](Cc1ccccc1)C(=O)NCCn1ccnc1-2. The van der Waals surface area contributed by atoms with Gasteiger partial charge in [0, 0.05) is 69.4 Å². The van der Waals surface area contributed by atoms with Gasteiger partial charge >= 0.3 is 0 Å². The van der Waals surface area contributed by atoms with Gasteiger partial charge in [-0.05, 0) is 30.2 Å². The summed E-state index contributed by atoms with van der Waals surface area (Å²) >= 11 is 0. The first-order valence-electron chi connectivity index (χ1n) is 14.1. The molecule has 1 aliphatic rings. The van der Waals surface area contributed by atoms with Gasteiger partial charge in [0.05, 0.1) is 26.5 Å². The van der Waals surface area contributed by atoms with Crippen molar-refractivity contribution in [2.75, 3.05) is 33.4 Å². The topological polar surface area (TPSA) is 116 Å². The molecule has 0 saturated heterocycles. The van der Waals surface area contributed by atoms with E-state index in [1.807, 2.05) is 77.4 Å². The van der Waals surface area contributed by atoms with Crippen LogP contribution in [0.2, 0.25) is 0 Å². The number of carbonyl (C=O) groups is 2. The summed E-state index contributed by atoms with van der Waals surface area (Å²) in [4.78, 5) is 33.3. The lowest BCUT2D eigenvalue weighted by atomic mass is 10.1. The summed E-state index contributed by atoms with van der Waals surface area (Å²) in [5, 5.41) is 10.3. The van der Waals surface area contributed by atoms with Gasteiger partial charge in [-0.3, -0.25) is 19.2 Å². The van der Waals surface area contributed by atoms with Crippen LogP contribution in [0.1, 0.15) is 17.5 Å².